The third-order valence-corrected chi connectivity index (χ3v) is 0. The van der Waals surface area contributed by atoms with E-state index in [0.717, 1.165) is 17.4 Å². The first kappa shape index (κ1) is 17.4. The third kappa shape index (κ3) is 9.43. The number of hydrogen-bond donors (Lipinski definition) is 0. The molecule has 0 aromatic rings. The van der Waals surface area contributed by atoms with Crippen molar-refractivity contribution in [3.63, 3.8) is 0 Å². The van der Waals surface area contributed by atoms with Crippen molar-refractivity contribution >= 4 is 23.1 Å². The number of rotatable bonds is 0. The van der Waals surface area contributed by atoms with E-state index in [-0.39, 0.29) is 39.5 Å². The van der Waals surface area contributed by atoms with Crippen LogP contribution in [0.4, 0.5) is 0 Å². The van der Waals surface area contributed by atoms with Crippen LogP contribution in [0.5, 0.6) is 0 Å². The van der Waals surface area contributed by atoms with Crippen LogP contribution >= 0.6 is 0 Å². The van der Waals surface area contributed by atoms with Gasteiger partial charge in [0.05, 0.1) is 0 Å². The molecule has 0 N–H and O–H groups in total. The molecule has 0 bridgehead atoms. The van der Waals surface area contributed by atoms with Crippen LogP contribution in [-0.2, 0) is 37.5 Å². The maximum absolute atomic E-state index is 8.19. The summed E-state index contributed by atoms with van der Waals surface area (Å²) in [7, 11) is 0. The molecule has 0 aromatic heterocycles. The van der Waals surface area contributed by atoms with Crippen molar-refractivity contribution in [1.29, 1.82) is 0 Å². The quantitative estimate of drug-likeness (QED) is 0.405. The molecule has 0 aliphatic rings. The van der Waals surface area contributed by atoms with Crippen molar-refractivity contribution in [2.75, 3.05) is 0 Å². The predicted molar refractivity (Wildman–Crippen MR) is 9.23 cm³/mol. The van der Waals surface area contributed by atoms with Gasteiger partial charge in [-0.3, -0.25) is 0 Å². The van der Waals surface area contributed by atoms with Gasteiger partial charge in [-0.15, -0.1) is 0 Å². The molecule has 4 heavy (non-hydrogen) atoms. The van der Waals surface area contributed by atoms with Gasteiger partial charge < -0.3 is 0 Å². The van der Waals surface area contributed by atoms with Gasteiger partial charge in [-0.1, -0.05) is 0 Å². The summed E-state index contributed by atoms with van der Waals surface area (Å²) >= 11 is 1.06. The molecule has 0 heterocycles. The minimum absolute atomic E-state index is 0. The summed E-state index contributed by atoms with van der Waals surface area (Å²) in [5.41, 5.74) is 0. The standard InChI is InChI=1S/Mg.Ni.O.V.2H. The molecule has 0 unspecified atom stereocenters. The van der Waals surface area contributed by atoms with Crippen molar-refractivity contribution in [3.05, 3.63) is 0 Å². The predicted octanol–water partition coefficient (Wildman–Crippen LogP) is -1.04. The summed E-state index contributed by atoms with van der Waals surface area (Å²) in [6.45, 7) is 0. The fraction of sp³-hybridized carbons (Fsp3) is 0. The van der Waals surface area contributed by atoms with E-state index in [9.17, 15) is 0 Å². The van der Waals surface area contributed by atoms with Crippen molar-refractivity contribution < 1.29 is 37.5 Å². The maximum atomic E-state index is 8.19. The molecule has 0 saturated heterocycles. The van der Waals surface area contributed by atoms with Crippen LogP contribution in [0.2, 0.25) is 0 Å². The molecule has 0 aliphatic heterocycles. The van der Waals surface area contributed by atoms with Gasteiger partial charge in [0.2, 0.25) is 0 Å². The van der Waals surface area contributed by atoms with Crippen molar-refractivity contribution in [2.45, 2.75) is 0 Å². The molecule has 25 valence electrons. The second-order valence-electron chi connectivity index (χ2n) is 0. The first-order chi connectivity index (χ1) is 1.00. The van der Waals surface area contributed by atoms with E-state index >= 15 is 0 Å². The molecular formula is H2MgNiOV. The third-order valence-electron chi connectivity index (χ3n) is 0. The Hall–Kier alpha value is 1.64. The average molecular weight is 152 g/mol. The van der Waals surface area contributed by atoms with Gasteiger partial charge in [0.15, 0.2) is 0 Å². The topological polar surface area (TPSA) is 17.1 Å². The van der Waals surface area contributed by atoms with Gasteiger partial charge in [0, 0.05) is 16.5 Å². The fourth-order valence-corrected chi connectivity index (χ4v) is 0. The van der Waals surface area contributed by atoms with Crippen LogP contribution in [0.1, 0.15) is 0 Å². The normalized spacial score (nSPS) is 0.750. The molecule has 0 amide bonds. The molecule has 0 atom stereocenters. The molecule has 1 nitrogen and oxygen atoms in total. The Labute approximate surface area is 60.2 Å². The van der Waals surface area contributed by atoms with Crippen LogP contribution in [0.15, 0.2) is 0 Å². The van der Waals surface area contributed by atoms with Crippen molar-refractivity contribution in [2.24, 2.45) is 0 Å². The molecule has 0 aliphatic carbocycles. The van der Waals surface area contributed by atoms with Gasteiger partial charge in [-0.05, 0) is 0 Å². The molecule has 0 rings (SSSR count). The summed E-state index contributed by atoms with van der Waals surface area (Å²) in [5.74, 6) is 0. The molecule has 0 aromatic carbocycles. The van der Waals surface area contributed by atoms with Crippen LogP contribution in [0.25, 0.3) is 0 Å². The van der Waals surface area contributed by atoms with E-state index in [2.05, 4.69) is 0 Å². The van der Waals surface area contributed by atoms with E-state index in [4.69, 9.17) is 3.67 Å². The Morgan fingerprint density at radius 1 is 1.25 bits per heavy atom. The Bertz CT molecular complexity index is 8.00. The monoisotopic (exact) mass is 151 g/mol. The summed E-state index contributed by atoms with van der Waals surface area (Å²) in [6, 6.07) is 0. The van der Waals surface area contributed by atoms with Crippen LogP contribution in [0.3, 0.4) is 0 Å². The van der Waals surface area contributed by atoms with E-state index in [1.807, 2.05) is 0 Å². The summed E-state index contributed by atoms with van der Waals surface area (Å²) in [5, 5.41) is 0. The molecule has 4 heteroatoms. The first-order valence-corrected chi connectivity index (χ1v) is 0.753. The number of hydrogen-bond acceptors (Lipinski definition) is 1. The SMILES string of the molecule is [MgH2].[Ni].[O]=[V]. The van der Waals surface area contributed by atoms with Gasteiger partial charge in [-0.2, -0.15) is 0 Å². The van der Waals surface area contributed by atoms with Crippen LogP contribution in [0, 0.1) is 0 Å². The van der Waals surface area contributed by atoms with Gasteiger partial charge in [0.1, 0.15) is 0 Å². The second kappa shape index (κ2) is 22.8. The van der Waals surface area contributed by atoms with E-state index in [1.54, 1.807) is 0 Å². The van der Waals surface area contributed by atoms with Crippen LogP contribution in [-0.4, -0.2) is 23.1 Å². The Balaban J connectivity index is -0.00000000500. The zero-order valence-corrected chi connectivity index (χ0v) is 3.56. The zero-order valence-electron chi connectivity index (χ0n) is 1.17. The minimum atomic E-state index is 0. The summed E-state index contributed by atoms with van der Waals surface area (Å²) < 4.78 is 8.19. The fourth-order valence-electron chi connectivity index (χ4n) is 0. The van der Waals surface area contributed by atoms with E-state index < -0.39 is 0 Å². The second-order valence-corrected chi connectivity index (χ2v) is 0. The molecule has 0 saturated carbocycles. The molecule has 0 fully saturated rings. The average Bonchev–Trinajstić information content (AvgIpc) is 1.00. The summed E-state index contributed by atoms with van der Waals surface area (Å²) in [4.78, 5) is 0. The zero-order chi connectivity index (χ0) is 2.00. The molecule has 0 spiro atoms. The Morgan fingerprint density at radius 2 is 1.25 bits per heavy atom. The first-order valence-electron chi connectivity index (χ1n) is 0.183. The molecule has 0 radical (unpaired) electrons. The summed E-state index contributed by atoms with van der Waals surface area (Å²) in [6.07, 6.45) is 0. The Morgan fingerprint density at radius 3 is 1.25 bits per heavy atom. The Kier molecular flexibility index (Phi) is 99.3. The van der Waals surface area contributed by atoms with Crippen LogP contribution < -0.4 is 0 Å². The van der Waals surface area contributed by atoms with Gasteiger partial charge >= 0.3 is 44.1 Å². The van der Waals surface area contributed by atoms with Crippen molar-refractivity contribution in [1.82, 2.24) is 0 Å². The van der Waals surface area contributed by atoms with Gasteiger partial charge in [0.25, 0.3) is 0 Å². The van der Waals surface area contributed by atoms with Crippen molar-refractivity contribution in [3.8, 4) is 0 Å². The van der Waals surface area contributed by atoms with Gasteiger partial charge in [-0.25, -0.2) is 0 Å². The molecular weight excluding hydrogens is 150 g/mol. The van der Waals surface area contributed by atoms with E-state index in [1.165, 1.54) is 0 Å². The van der Waals surface area contributed by atoms with E-state index in [0.29, 0.717) is 0 Å².